The second-order valence-electron chi connectivity index (χ2n) is 5.79. The summed E-state index contributed by atoms with van der Waals surface area (Å²) in [6, 6.07) is 15.1. The molecule has 3 nitrogen and oxygen atoms in total. The van der Waals surface area contributed by atoms with Crippen molar-refractivity contribution >= 4 is 5.69 Å². The van der Waals surface area contributed by atoms with Crippen LogP contribution in [0.1, 0.15) is 23.0 Å². The van der Waals surface area contributed by atoms with Crippen LogP contribution >= 0.6 is 0 Å². The van der Waals surface area contributed by atoms with Gasteiger partial charge >= 0.3 is 6.18 Å². The fraction of sp³-hybridized carbons (Fsp3) is 0.167. The molecule has 2 heterocycles. The molecule has 0 bridgehead atoms. The van der Waals surface area contributed by atoms with Crippen molar-refractivity contribution in [1.82, 2.24) is 9.78 Å². The zero-order valence-electron chi connectivity index (χ0n) is 12.8. The monoisotopic (exact) mass is 329 g/mol. The van der Waals surface area contributed by atoms with Crippen molar-refractivity contribution in [3.05, 3.63) is 71.4 Å². The van der Waals surface area contributed by atoms with Crippen molar-refractivity contribution in [2.24, 2.45) is 0 Å². The number of halogens is 3. The van der Waals surface area contributed by atoms with Gasteiger partial charge in [0.05, 0.1) is 17.0 Å². The molecule has 4 rings (SSSR count). The minimum absolute atomic E-state index is 0.156. The van der Waals surface area contributed by atoms with Gasteiger partial charge in [-0.3, -0.25) is 0 Å². The molecule has 1 N–H and O–H groups in total. The lowest BCUT2D eigenvalue weighted by Crippen LogP contribution is -2.28. The van der Waals surface area contributed by atoms with E-state index in [1.807, 2.05) is 37.3 Å². The highest BCUT2D eigenvalue weighted by molar-refractivity contribution is 5.78. The molecule has 3 aromatic rings. The molecule has 0 aliphatic carbocycles. The van der Waals surface area contributed by atoms with E-state index in [0.717, 1.165) is 28.7 Å². The summed E-state index contributed by atoms with van der Waals surface area (Å²) in [4.78, 5) is 0. The summed E-state index contributed by atoms with van der Waals surface area (Å²) < 4.78 is 41.9. The Morgan fingerprint density at radius 1 is 1.04 bits per heavy atom. The zero-order valence-corrected chi connectivity index (χ0v) is 12.8. The van der Waals surface area contributed by atoms with Crippen LogP contribution in [-0.2, 0) is 6.18 Å². The van der Waals surface area contributed by atoms with Gasteiger partial charge in [-0.2, -0.15) is 18.3 Å². The lowest BCUT2D eigenvalue weighted by atomic mass is 10.0. The predicted molar refractivity (Wildman–Crippen MR) is 85.6 cm³/mol. The maximum absolute atomic E-state index is 13.4. The number of fused-ring (bicyclic) bond motifs is 3. The van der Waals surface area contributed by atoms with Crippen molar-refractivity contribution < 1.29 is 13.2 Å². The first-order chi connectivity index (χ1) is 11.4. The number of hydrogen-bond acceptors (Lipinski definition) is 2. The van der Waals surface area contributed by atoms with Crippen molar-refractivity contribution in [2.45, 2.75) is 19.3 Å². The molecule has 0 saturated carbocycles. The van der Waals surface area contributed by atoms with Crippen LogP contribution in [0, 0.1) is 6.92 Å². The lowest BCUT2D eigenvalue weighted by Gasteiger charge is -2.30. The van der Waals surface area contributed by atoms with Crippen LogP contribution in [0.15, 0.2) is 54.6 Å². The Balaban J connectivity index is 1.93. The summed E-state index contributed by atoms with van der Waals surface area (Å²) in [5, 5.41) is 7.61. The summed E-state index contributed by atoms with van der Waals surface area (Å²) in [6.45, 7) is 1.83. The van der Waals surface area contributed by atoms with Gasteiger partial charge in [-0.1, -0.05) is 36.4 Å². The van der Waals surface area contributed by atoms with Crippen molar-refractivity contribution in [3.63, 3.8) is 0 Å². The first-order valence-electron chi connectivity index (χ1n) is 7.53. The highest BCUT2D eigenvalue weighted by atomic mass is 19.4. The molecule has 0 fully saturated rings. The number of hydrogen-bond donors (Lipinski definition) is 1. The predicted octanol–water partition coefficient (Wildman–Crippen LogP) is 4.85. The third-order valence-electron chi connectivity index (χ3n) is 4.16. The Morgan fingerprint density at radius 3 is 2.54 bits per heavy atom. The summed E-state index contributed by atoms with van der Waals surface area (Å²) in [7, 11) is 0. The Kier molecular flexibility index (Phi) is 3.16. The molecule has 0 unspecified atom stereocenters. The van der Waals surface area contributed by atoms with E-state index in [9.17, 15) is 13.2 Å². The van der Waals surface area contributed by atoms with Gasteiger partial charge in [-0.05, 0) is 25.1 Å². The molecule has 24 heavy (non-hydrogen) atoms. The molecule has 2 aromatic carbocycles. The van der Waals surface area contributed by atoms with E-state index in [0.29, 0.717) is 0 Å². The largest absolute Gasteiger partial charge is 0.416 e. The van der Waals surface area contributed by atoms with Crippen LogP contribution in [0.25, 0.3) is 11.3 Å². The molecule has 1 aromatic heterocycles. The maximum Gasteiger partial charge on any atom is 0.416 e. The Labute approximate surface area is 136 Å². The van der Waals surface area contributed by atoms with Crippen LogP contribution < -0.4 is 5.32 Å². The molecular weight excluding hydrogens is 315 g/mol. The number of nitrogens with zero attached hydrogens (tertiary/aromatic N) is 2. The normalized spacial score (nSPS) is 16.2. The molecule has 1 atom stereocenters. The fourth-order valence-electron chi connectivity index (χ4n) is 3.16. The highest BCUT2D eigenvalue weighted by Gasteiger charge is 2.37. The molecule has 6 heteroatoms. The van der Waals surface area contributed by atoms with Gasteiger partial charge < -0.3 is 5.32 Å². The van der Waals surface area contributed by atoms with E-state index >= 15 is 0 Å². The highest BCUT2D eigenvalue weighted by Crippen LogP contribution is 2.41. The van der Waals surface area contributed by atoms with Crippen molar-refractivity contribution in [2.75, 3.05) is 5.32 Å². The molecule has 122 valence electrons. The van der Waals surface area contributed by atoms with E-state index in [1.165, 1.54) is 12.1 Å². The van der Waals surface area contributed by atoms with Crippen LogP contribution in [0.4, 0.5) is 18.9 Å². The number of rotatable bonds is 1. The Morgan fingerprint density at radius 2 is 1.75 bits per heavy atom. The van der Waals surface area contributed by atoms with E-state index in [-0.39, 0.29) is 5.56 Å². The SMILES string of the molecule is Cc1cc2n(n1)[C@H](c1ccccc1C(F)(F)F)Nc1ccccc1-2. The average molecular weight is 329 g/mol. The average Bonchev–Trinajstić information content (AvgIpc) is 2.95. The molecule has 0 amide bonds. The van der Waals surface area contributed by atoms with Crippen LogP contribution in [0.5, 0.6) is 0 Å². The third-order valence-corrected chi connectivity index (χ3v) is 4.16. The molecular formula is C18H14F3N3. The van der Waals surface area contributed by atoms with Crippen LogP contribution in [0.2, 0.25) is 0 Å². The van der Waals surface area contributed by atoms with E-state index in [1.54, 1.807) is 10.7 Å². The number of benzene rings is 2. The van der Waals surface area contributed by atoms with Crippen LogP contribution in [-0.4, -0.2) is 9.78 Å². The fourth-order valence-corrected chi connectivity index (χ4v) is 3.16. The number of anilines is 1. The van der Waals surface area contributed by atoms with Crippen LogP contribution in [0.3, 0.4) is 0 Å². The first kappa shape index (κ1) is 14.8. The van der Waals surface area contributed by atoms with Gasteiger partial charge in [0, 0.05) is 16.8 Å². The lowest BCUT2D eigenvalue weighted by molar-refractivity contribution is -0.138. The maximum atomic E-state index is 13.4. The van der Waals surface area contributed by atoms with Gasteiger partial charge in [0.1, 0.15) is 6.17 Å². The van der Waals surface area contributed by atoms with E-state index in [4.69, 9.17) is 0 Å². The number of aromatic nitrogens is 2. The van der Waals surface area contributed by atoms with Crippen molar-refractivity contribution in [1.29, 1.82) is 0 Å². The van der Waals surface area contributed by atoms with E-state index in [2.05, 4.69) is 10.4 Å². The molecule has 1 aliphatic rings. The number of alkyl halides is 3. The minimum atomic E-state index is -4.42. The van der Waals surface area contributed by atoms with Crippen molar-refractivity contribution in [3.8, 4) is 11.3 Å². The summed E-state index contributed by atoms with van der Waals surface area (Å²) >= 11 is 0. The standard InChI is InChI=1S/C18H14F3N3/c1-11-10-16-13-7-3-5-9-15(13)22-17(24(16)23-11)12-6-2-4-8-14(12)18(19,20)21/h2-10,17,22H,1H3/t17-/m1/s1. The first-order valence-corrected chi connectivity index (χ1v) is 7.53. The van der Waals surface area contributed by atoms with Gasteiger partial charge in [-0.15, -0.1) is 0 Å². The summed E-state index contributed by atoms with van der Waals surface area (Å²) in [5.74, 6) is 0. The topological polar surface area (TPSA) is 29.9 Å². The number of para-hydroxylation sites is 1. The zero-order chi connectivity index (χ0) is 16.9. The smallest absolute Gasteiger partial charge is 0.359 e. The third kappa shape index (κ3) is 2.26. The van der Waals surface area contributed by atoms with Gasteiger partial charge in [0.2, 0.25) is 0 Å². The second kappa shape index (κ2) is 5.12. The Hall–Kier alpha value is -2.76. The van der Waals surface area contributed by atoms with E-state index < -0.39 is 17.9 Å². The van der Waals surface area contributed by atoms with Gasteiger partial charge in [0.15, 0.2) is 0 Å². The molecule has 0 spiro atoms. The molecule has 0 radical (unpaired) electrons. The summed E-state index contributed by atoms with van der Waals surface area (Å²) in [6.07, 6.45) is -5.13. The minimum Gasteiger partial charge on any atom is -0.359 e. The van der Waals surface area contributed by atoms with Gasteiger partial charge in [0.25, 0.3) is 0 Å². The quantitative estimate of drug-likeness (QED) is 0.692. The Bertz CT molecular complexity index is 912. The summed E-state index contributed by atoms with van der Waals surface area (Å²) in [5.41, 5.74) is 2.80. The van der Waals surface area contributed by atoms with Gasteiger partial charge in [-0.25, -0.2) is 4.68 Å². The second-order valence-corrected chi connectivity index (χ2v) is 5.79. The number of nitrogens with one attached hydrogen (secondary N) is 1. The number of aryl methyl sites for hydroxylation is 1. The molecule has 1 aliphatic heterocycles. The molecule has 0 saturated heterocycles.